The second-order valence-corrected chi connectivity index (χ2v) is 9.11. The molecule has 1 aromatic heterocycles. The topological polar surface area (TPSA) is 109 Å². The van der Waals surface area contributed by atoms with E-state index in [4.69, 9.17) is 0 Å². The van der Waals surface area contributed by atoms with Gasteiger partial charge in [-0.05, 0) is 30.7 Å². The average molecular weight is 447 g/mol. The number of rotatable bonds is 8. The molecule has 1 aliphatic heterocycles. The maximum atomic E-state index is 12.7. The average Bonchev–Trinajstić information content (AvgIpc) is 3.16. The molecule has 3 rings (SSSR count). The molecule has 2 amide bonds. The van der Waals surface area contributed by atoms with E-state index in [-0.39, 0.29) is 17.3 Å². The fraction of sp³-hybridized carbons (Fsp3) is 0.381. The Morgan fingerprint density at radius 2 is 1.87 bits per heavy atom. The molecular weight excluding hydrogens is 420 g/mol. The number of nitrogens with zero attached hydrogens (tertiary/aromatic N) is 3. The predicted octanol–water partition coefficient (Wildman–Crippen LogP) is 1.64. The zero-order chi connectivity index (χ0) is 22.6. The zero-order valence-electron chi connectivity index (χ0n) is 17.6. The lowest BCUT2D eigenvalue weighted by Gasteiger charge is -2.19. The molecule has 1 aliphatic rings. The van der Waals surface area contributed by atoms with Gasteiger partial charge in [0.05, 0.1) is 4.90 Å². The highest BCUT2D eigenvalue weighted by molar-refractivity contribution is 7.89. The molecule has 31 heavy (non-hydrogen) atoms. The van der Waals surface area contributed by atoms with E-state index in [2.05, 4.69) is 5.32 Å². The molecule has 2 heterocycles. The van der Waals surface area contributed by atoms with Crippen molar-refractivity contribution >= 4 is 33.2 Å². The standard InChI is InChI=1S/C21H26N4O5S/c1-3-24(4-2)31(29,30)18-10-11-20(27)23(14-18)15-19(26)22-16-7-5-8-17(13-16)25-12-6-9-21(25)28/h5,7-8,10-11,13-14H,3-4,6,9,12,15H2,1-2H3,(H,22,26). The third-order valence-corrected chi connectivity index (χ3v) is 7.16. The van der Waals surface area contributed by atoms with Crippen molar-refractivity contribution in [2.45, 2.75) is 38.1 Å². The second-order valence-electron chi connectivity index (χ2n) is 7.17. The van der Waals surface area contributed by atoms with Crippen LogP contribution >= 0.6 is 0 Å². The van der Waals surface area contributed by atoms with Gasteiger partial charge in [0.15, 0.2) is 0 Å². The Morgan fingerprint density at radius 1 is 1.13 bits per heavy atom. The highest BCUT2D eigenvalue weighted by Crippen LogP contribution is 2.24. The summed E-state index contributed by atoms with van der Waals surface area (Å²) in [6.45, 7) is 4.36. The molecule has 9 nitrogen and oxygen atoms in total. The lowest BCUT2D eigenvalue weighted by Crippen LogP contribution is -2.33. The zero-order valence-corrected chi connectivity index (χ0v) is 18.4. The van der Waals surface area contributed by atoms with Crippen molar-refractivity contribution in [2.75, 3.05) is 29.9 Å². The van der Waals surface area contributed by atoms with Crippen molar-refractivity contribution in [3.63, 3.8) is 0 Å². The van der Waals surface area contributed by atoms with Gasteiger partial charge < -0.3 is 14.8 Å². The number of amides is 2. The smallest absolute Gasteiger partial charge is 0.251 e. The highest BCUT2D eigenvalue weighted by Gasteiger charge is 2.23. The Labute approximate surface area is 181 Å². The molecule has 1 aromatic carbocycles. The third-order valence-electron chi connectivity index (χ3n) is 5.13. The number of aromatic nitrogens is 1. The first-order chi connectivity index (χ1) is 14.8. The molecule has 0 aliphatic carbocycles. The van der Waals surface area contributed by atoms with Gasteiger partial charge in [-0.3, -0.25) is 14.4 Å². The number of carbonyl (C=O) groups is 2. The van der Waals surface area contributed by atoms with Gasteiger partial charge in [-0.2, -0.15) is 4.31 Å². The van der Waals surface area contributed by atoms with Crippen LogP contribution in [0.4, 0.5) is 11.4 Å². The van der Waals surface area contributed by atoms with Crippen molar-refractivity contribution in [1.82, 2.24) is 8.87 Å². The van der Waals surface area contributed by atoms with Crippen LogP contribution in [-0.2, 0) is 26.2 Å². The Morgan fingerprint density at radius 3 is 2.52 bits per heavy atom. The van der Waals surface area contributed by atoms with Crippen LogP contribution in [0, 0.1) is 0 Å². The molecule has 0 unspecified atom stereocenters. The van der Waals surface area contributed by atoms with Gasteiger partial charge in [-0.15, -0.1) is 0 Å². The summed E-state index contributed by atoms with van der Waals surface area (Å²) in [6.07, 6.45) is 2.49. The van der Waals surface area contributed by atoms with Gasteiger partial charge in [0.1, 0.15) is 6.54 Å². The first-order valence-corrected chi connectivity index (χ1v) is 11.6. The fourth-order valence-electron chi connectivity index (χ4n) is 3.53. The van der Waals surface area contributed by atoms with Crippen LogP contribution in [0.3, 0.4) is 0 Å². The van der Waals surface area contributed by atoms with Crippen molar-refractivity contribution in [1.29, 1.82) is 0 Å². The SMILES string of the molecule is CCN(CC)S(=O)(=O)c1ccc(=O)n(CC(=O)Nc2cccc(N3CCCC3=O)c2)c1. The van der Waals surface area contributed by atoms with E-state index >= 15 is 0 Å². The molecule has 1 saturated heterocycles. The largest absolute Gasteiger partial charge is 0.324 e. The third kappa shape index (κ3) is 5.02. The summed E-state index contributed by atoms with van der Waals surface area (Å²) >= 11 is 0. The normalized spacial score (nSPS) is 14.3. The number of carbonyl (C=O) groups excluding carboxylic acids is 2. The summed E-state index contributed by atoms with van der Waals surface area (Å²) in [5.74, 6) is -0.439. The minimum Gasteiger partial charge on any atom is -0.324 e. The van der Waals surface area contributed by atoms with E-state index in [1.807, 2.05) is 0 Å². The number of pyridine rings is 1. The van der Waals surface area contributed by atoms with E-state index in [1.165, 1.54) is 16.6 Å². The number of hydrogen-bond acceptors (Lipinski definition) is 5. The van der Waals surface area contributed by atoms with E-state index in [0.29, 0.717) is 37.4 Å². The van der Waals surface area contributed by atoms with Gasteiger partial charge in [0.2, 0.25) is 21.8 Å². The molecule has 166 valence electrons. The molecular formula is C21H26N4O5S. The van der Waals surface area contributed by atoms with Crippen LogP contribution in [0.25, 0.3) is 0 Å². The summed E-state index contributed by atoms with van der Waals surface area (Å²) in [5.41, 5.74) is 0.706. The summed E-state index contributed by atoms with van der Waals surface area (Å²) in [5, 5.41) is 2.70. The minimum absolute atomic E-state index is 0.0428. The summed E-state index contributed by atoms with van der Waals surface area (Å²) in [6, 6.07) is 9.31. The Hall–Kier alpha value is -2.98. The van der Waals surface area contributed by atoms with Crippen LogP contribution in [0.5, 0.6) is 0 Å². The molecule has 10 heteroatoms. The second kappa shape index (κ2) is 9.44. The van der Waals surface area contributed by atoms with Gasteiger partial charge >= 0.3 is 0 Å². The molecule has 0 saturated carbocycles. The lowest BCUT2D eigenvalue weighted by atomic mass is 10.2. The lowest BCUT2D eigenvalue weighted by molar-refractivity contribution is -0.117. The first kappa shape index (κ1) is 22.7. The van der Waals surface area contributed by atoms with Gasteiger partial charge in [0.25, 0.3) is 5.56 Å². The molecule has 1 N–H and O–H groups in total. The summed E-state index contributed by atoms with van der Waals surface area (Å²) in [7, 11) is -3.75. The molecule has 1 fully saturated rings. The van der Waals surface area contributed by atoms with E-state index < -0.39 is 21.5 Å². The Balaban J connectivity index is 1.77. The van der Waals surface area contributed by atoms with Crippen LogP contribution in [0.15, 0.2) is 52.3 Å². The number of benzene rings is 1. The quantitative estimate of drug-likeness (QED) is 0.663. The highest BCUT2D eigenvalue weighted by atomic mass is 32.2. The number of nitrogens with one attached hydrogen (secondary N) is 1. The van der Waals surface area contributed by atoms with Crippen molar-refractivity contribution in [3.05, 3.63) is 52.9 Å². The molecule has 0 radical (unpaired) electrons. The van der Waals surface area contributed by atoms with E-state index in [9.17, 15) is 22.8 Å². The number of sulfonamides is 1. The van der Waals surface area contributed by atoms with E-state index in [0.717, 1.165) is 17.1 Å². The van der Waals surface area contributed by atoms with Crippen LogP contribution < -0.4 is 15.8 Å². The van der Waals surface area contributed by atoms with Crippen molar-refractivity contribution < 1.29 is 18.0 Å². The predicted molar refractivity (Wildman–Crippen MR) is 117 cm³/mol. The monoisotopic (exact) mass is 446 g/mol. The number of hydrogen-bond donors (Lipinski definition) is 1. The van der Waals surface area contributed by atoms with Crippen LogP contribution in [0.1, 0.15) is 26.7 Å². The minimum atomic E-state index is -3.75. The van der Waals surface area contributed by atoms with Gasteiger partial charge in [-0.25, -0.2) is 8.42 Å². The van der Waals surface area contributed by atoms with Crippen LogP contribution in [0.2, 0.25) is 0 Å². The van der Waals surface area contributed by atoms with Gasteiger partial charge in [0, 0.05) is 49.7 Å². The Kier molecular flexibility index (Phi) is 6.91. The maximum Gasteiger partial charge on any atom is 0.251 e. The first-order valence-electron chi connectivity index (χ1n) is 10.2. The maximum absolute atomic E-state index is 12.7. The van der Waals surface area contributed by atoms with Crippen LogP contribution in [-0.4, -0.2) is 48.7 Å². The fourth-order valence-corrected chi connectivity index (χ4v) is 5.00. The molecule has 2 aromatic rings. The summed E-state index contributed by atoms with van der Waals surface area (Å²) in [4.78, 5) is 38.3. The van der Waals surface area contributed by atoms with Crippen molar-refractivity contribution in [2.24, 2.45) is 0 Å². The molecule has 0 atom stereocenters. The van der Waals surface area contributed by atoms with Crippen molar-refractivity contribution in [3.8, 4) is 0 Å². The Bertz CT molecular complexity index is 1140. The number of anilines is 2. The molecule has 0 spiro atoms. The van der Waals surface area contributed by atoms with Gasteiger partial charge in [-0.1, -0.05) is 19.9 Å². The molecule has 0 bridgehead atoms. The summed E-state index contributed by atoms with van der Waals surface area (Å²) < 4.78 is 27.8. The van der Waals surface area contributed by atoms with E-state index in [1.54, 1.807) is 43.0 Å².